The molecular weight excluding hydrogens is 236 g/mol. The molecule has 3 heteroatoms. The molecule has 0 bridgehead atoms. The Morgan fingerprint density at radius 1 is 1.26 bits per heavy atom. The number of nitrogens with zero attached hydrogens (tertiary/aromatic N) is 1. The first-order chi connectivity index (χ1) is 8.93. The van der Waals surface area contributed by atoms with E-state index in [-0.39, 0.29) is 5.41 Å². The third-order valence-electron chi connectivity index (χ3n) is 4.09. The number of oxazole rings is 1. The quantitative estimate of drug-likeness (QED) is 0.848. The number of rotatable bonds is 1. The monoisotopic (exact) mass is 258 g/mol. The smallest absolute Gasteiger partial charge is 0.198 e. The van der Waals surface area contributed by atoms with Gasteiger partial charge in [-0.05, 0) is 42.4 Å². The molecule has 2 unspecified atom stereocenters. The molecule has 102 valence electrons. The van der Waals surface area contributed by atoms with Crippen LogP contribution < -0.4 is 5.73 Å². The molecule has 1 aliphatic rings. The van der Waals surface area contributed by atoms with Gasteiger partial charge in [0.05, 0.1) is 0 Å². The van der Waals surface area contributed by atoms with Crippen molar-refractivity contribution >= 4 is 11.1 Å². The summed E-state index contributed by atoms with van der Waals surface area (Å²) in [5.74, 6) is 1.27. The maximum atomic E-state index is 5.97. The summed E-state index contributed by atoms with van der Waals surface area (Å²) in [7, 11) is 0. The third kappa shape index (κ3) is 2.39. The summed E-state index contributed by atoms with van der Waals surface area (Å²) in [6, 6.07) is 6.64. The summed E-state index contributed by atoms with van der Waals surface area (Å²) in [5.41, 5.74) is 9.27. The van der Waals surface area contributed by atoms with E-state index < -0.39 is 0 Å². The van der Waals surface area contributed by atoms with E-state index in [0.29, 0.717) is 12.0 Å². The largest absolute Gasteiger partial charge is 0.440 e. The lowest BCUT2D eigenvalue weighted by molar-refractivity contribution is 0.471. The van der Waals surface area contributed by atoms with Crippen LogP contribution in [0.15, 0.2) is 22.6 Å². The van der Waals surface area contributed by atoms with Gasteiger partial charge in [0, 0.05) is 12.0 Å². The van der Waals surface area contributed by atoms with Crippen LogP contribution in [0.5, 0.6) is 0 Å². The maximum absolute atomic E-state index is 5.97. The van der Waals surface area contributed by atoms with Crippen LogP contribution in [0.3, 0.4) is 0 Å². The maximum Gasteiger partial charge on any atom is 0.198 e. The normalized spacial score (nSPS) is 24.2. The zero-order chi connectivity index (χ0) is 13.6. The highest BCUT2D eigenvalue weighted by Crippen LogP contribution is 2.35. The second kappa shape index (κ2) is 4.34. The molecule has 19 heavy (non-hydrogen) atoms. The molecule has 0 aliphatic heterocycles. The molecule has 1 aromatic heterocycles. The zero-order valence-corrected chi connectivity index (χ0v) is 11.9. The average Bonchev–Trinajstić information content (AvgIpc) is 2.92. The number of aromatic nitrogens is 1. The van der Waals surface area contributed by atoms with Crippen molar-refractivity contribution in [3.63, 3.8) is 0 Å². The lowest BCUT2D eigenvalue weighted by Gasteiger charge is -2.18. The van der Waals surface area contributed by atoms with Crippen molar-refractivity contribution in [2.24, 2.45) is 5.73 Å². The Labute approximate surface area is 114 Å². The molecular formula is C16H22N2O. The van der Waals surface area contributed by atoms with Crippen LogP contribution in [0.1, 0.15) is 57.4 Å². The van der Waals surface area contributed by atoms with Crippen LogP contribution in [0.25, 0.3) is 11.1 Å². The van der Waals surface area contributed by atoms with E-state index in [1.807, 2.05) is 6.07 Å². The van der Waals surface area contributed by atoms with Crippen LogP contribution in [0.4, 0.5) is 0 Å². The Balaban J connectivity index is 1.97. The highest BCUT2D eigenvalue weighted by atomic mass is 16.3. The van der Waals surface area contributed by atoms with E-state index in [1.165, 1.54) is 5.56 Å². The van der Waals surface area contributed by atoms with E-state index >= 15 is 0 Å². The van der Waals surface area contributed by atoms with Crippen molar-refractivity contribution in [1.82, 2.24) is 4.98 Å². The minimum absolute atomic E-state index is 0.142. The summed E-state index contributed by atoms with van der Waals surface area (Å²) in [5, 5.41) is 0. The van der Waals surface area contributed by atoms with Gasteiger partial charge >= 0.3 is 0 Å². The van der Waals surface area contributed by atoms with Crippen LogP contribution in [-0.2, 0) is 5.41 Å². The molecule has 3 nitrogen and oxygen atoms in total. The van der Waals surface area contributed by atoms with E-state index in [1.54, 1.807) is 0 Å². The standard InChI is InChI=1S/C16H22N2O/c1-16(2,3)11-5-7-14-13(9-11)18-15(19-14)10-4-6-12(17)8-10/h5,7,9-10,12H,4,6,8,17H2,1-3H3. The topological polar surface area (TPSA) is 52.0 Å². The Morgan fingerprint density at radius 2 is 2.05 bits per heavy atom. The van der Waals surface area contributed by atoms with Crippen molar-refractivity contribution in [3.8, 4) is 0 Å². The number of hydrogen-bond acceptors (Lipinski definition) is 3. The lowest BCUT2D eigenvalue weighted by atomic mass is 9.87. The fourth-order valence-electron chi connectivity index (χ4n) is 2.83. The van der Waals surface area contributed by atoms with Crippen LogP contribution in [0.2, 0.25) is 0 Å². The number of nitrogens with two attached hydrogens (primary N) is 1. The summed E-state index contributed by atoms with van der Waals surface area (Å²) < 4.78 is 5.90. The van der Waals surface area contributed by atoms with Crippen molar-refractivity contribution in [2.45, 2.75) is 57.4 Å². The first-order valence-corrected chi connectivity index (χ1v) is 7.10. The number of hydrogen-bond donors (Lipinski definition) is 1. The van der Waals surface area contributed by atoms with Gasteiger partial charge in [-0.2, -0.15) is 0 Å². The SMILES string of the molecule is CC(C)(C)c1ccc2oc(C3CCC(N)C3)nc2c1. The first-order valence-electron chi connectivity index (χ1n) is 7.10. The highest BCUT2D eigenvalue weighted by molar-refractivity contribution is 5.74. The summed E-state index contributed by atoms with van der Waals surface area (Å²) in [6.07, 6.45) is 3.18. The van der Waals surface area contributed by atoms with Gasteiger partial charge in [-0.1, -0.05) is 26.8 Å². The lowest BCUT2D eigenvalue weighted by Crippen LogP contribution is -2.14. The molecule has 0 saturated heterocycles. The van der Waals surface area contributed by atoms with Gasteiger partial charge in [0.15, 0.2) is 11.5 Å². The van der Waals surface area contributed by atoms with Crippen LogP contribution in [-0.4, -0.2) is 11.0 Å². The van der Waals surface area contributed by atoms with Crippen LogP contribution in [0, 0.1) is 0 Å². The van der Waals surface area contributed by atoms with Gasteiger partial charge in [0.25, 0.3) is 0 Å². The summed E-state index contributed by atoms with van der Waals surface area (Å²) >= 11 is 0. The molecule has 2 N–H and O–H groups in total. The molecule has 0 spiro atoms. The van der Waals surface area contributed by atoms with Gasteiger partial charge in [-0.3, -0.25) is 0 Å². The molecule has 1 heterocycles. The second-order valence-corrected chi connectivity index (χ2v) is 6.75. The highest BCUT2D eigenvalue weighted by Gasteiger charge is 2.27. The van der Waals surface area contributed by atoms with Gasteiger partial charge in [0.2, 0.25) is 0 Å². The minimum Gasteiger partial charge on any atom is -0.440 e. The van der Waals surface area contributed by atoms with Crippen LogP contribution >= 0.6 is 0 Å². The van der Waals surface area contributed by atoms with E-state index in [0.717, 1.165) is 36.3 Å². The minimum atomic E-state index is 0.142. The molecule has 0 radical (unpaired) electrons. The molecule has 3 rings (SSSR count). The fourth-order valence-corrected chi connectivity index (χ4v) is 2.83. The molecule has 1 saturated carbocycles. The zero-order valence-electron chi connectivity index (χ0n) is 11.9. The number of benzene rings is 1. The molecule has 1 fully saturated rings. The number of fused-ring (bicyclic) bond motifs is 1. The summed E-state index contributed by atoms with van der Waals surface area (Å²) in [4.78, 5) is 4.68. The Hall–Kier alpha value is -1.35. The average molecular weight is 258 g/mol. The van der Waals surface area contributed by atoms with E-state index in [2.05, 4.69) is 37.9 Å². The van der Waals surface area contributed by atoms with Crippen molar-refractivity contribution in [1.29, 1.82) is 0 Å². The van der Waals surface area contributed by atoms with E-state index in [9.17, 15) is 0 Å². The molecule has 2 atom stereocenters. The van der Waals surface area contributed by atoms with E-state index in [4.69, 9.17) is 10.2 Å². The van der Waals surface area contributed by atoms with Gasteiger partial charge < -0.3 is 10.2 Å². The van der Waals surface area contributed by atoms with Crippen molar-refractivity contribution < 1.29 is 4.42 Å². The van der Waals surface area contributed by atoms with Gasteiger partial charge in [-0.15, -0.1) is 0 Å². The molecule has 1 aliphatic carbocycles. The third-order valence-corrected chi connectivity index (χ3v) is 4.09. The summed E-state index contributed by atoms with van der Waals surface area (Å²) in [6.45, 7) is 6.64. The Morgan fingerprint density at radius 3 is 2.68 bits per heavy atom. The Kier molecular flexibility index (Phi) is 2.90. The van der Waals surface area contributed by atoms with Gasteiger partial charge in [0.1, 0.15) is 5.52 Å². The second-order valence-electron chi connectivity index (χ2n) is 6.75. The van der Waals surface area contributed by atoms with Gasteiger partial charge in [-0.25, -0.2) is 4.98 Å². The van der Waals surface area contributed by atoms with Crippen molar-refractivity contribution in [3.05, 3.63) is 29.7 Å². The first kappa shape index (κ1) is 12.7. The fraction of sp³-hybridized carbons (Fsp3) is 0.562. The molecule has 0 amide bonds. The molecule has 2 aromatic rings. The van der Waals surface area contributed by atoms with Crippen molar-refractivity contribution in [2.75, 3.05) is 0 Å². The predicted octanol–water partition coefficient (Wildman–Crippen LogP) is 3.72. The Bertz CT molecular complexity index is 594. The molecule has 1 aromatic carbocycles. The predicted molar refractivity (Wildman–Crippen MR) is 77.3 cm³/mol.